The number of hydrogen-bond acceptors (Lipinski definition) is 4. The van der Waals surface area contributed by atoms with Crippen LogP contribution in [0.1, 0.15) is 16.8 Å². The summed E-state index contributed by atoms with van der Waals surface area (Å²) in [6, 6.07) is 3.48. The molecule has 6 heteroatoms. The zero-order valence-electron chi connectivity index (χ0n) is 10.2. The molecule has 1 aliphatic heterocycles. The average molecular weight is 263 g/mol. The second kappa shape index (κ2) is 5.01. The van der Waals surface area contributed by atoms with Crippen molar-refractivity contribution in [3.05, 3.63) is 36.0 Å². The number of hydrogen-bond donors (Lipinski definition) is 2. The lowest BCUT2D eigenvalue weighted by Crippen LogP contribution is -2.38. The Morgan fingerprint density at radius 2 is 2.16 bits per heavy atom. The van der Waals surface area contributed by atoms with E-state index in [-0.39, 0.29) is 23.5 Å². The van der Waals surface area contributed by atoms with Crippen LogP contribution in [0.25, 0.3) is 0 Å². The molecule has 0 fully saturated rings. The van der Waals surface area contributed by atoms with Gasteiger partial charge in [-0.3, -0.25) is 4.79 Å². The van der Waals surface area contributed by atoms with Gasteiger partial charge in [-0.25, -0.2) is 4.79 Å². The summed E-state index contributed by atoms with van der Waals surface area (Å²) in [5.74, 6) is -1.73. The Hall–Kier alpha value is -2.50. The number of carboxylic acid groups (broad SMARTS) is 1. The van der Waals surface area contributed by atoms with E-state index in [9.17, 15) is 14.7 Å². The Balaban J connectivity index is 2.40. The summed E-state index contributed by atoms with van der Waals surface area (Å²) >= 11 is 0. The lowest BCUT2D eigenvalue weighted by molar-refractivity contribution is -0.141. The summed E-state index contributed by atoms with van der Waals surface area (Å²) < 4.78 is 5.02. The van der Waals surface area contributed by atoms with E-state index in [4.69, 9.17) is 9.84 Å². The molecule has 1 aromatic carbocycles. The molecule has 0 aromatic heterocycles. The van der Waals surface area contributed by atoms with Crippen LogP contribution in [0.3, 0.4) is 0 Å². The molecular formula is C13H13NO5. The van der Waals surface area contributed by atoms with Crippen molar-refractivity contribution in [2.24, 2.45) is 0 Å². The fourth-order valence-corrected chi connectivity index (χ4v) is 1.98. The first-order chi connectivity index (χ1) is 9.06. The van der Waals surface area contributed by atoms with Gasteiger partial charge >= 0.3 is 5.97 Å². The van der Waals surface area contributed by atoms with Gasteiger partial charge in [-0.05, 0) is 18.6 Å². The van der Waals surface area contributed by atoms with Crippen LogP contribution < -0.4 is 4.74 Å². The lowest BCUT2D eigenvalue weighted by Gasteiger charge is -2.21. The average Bonchev–Trinajstić information content (AvgIpc) is 2.87. The summed E-state index contributed by atoms with van der Waals surface area (Å²) in [7, 11) is 1.38. The molecule has 19 heavy (non-hydrogen) atoms. The summed E-state index contributed by atoms with van der Waals surface area (Å²) in [4.78, 5) is 24.5. The van der Waals surface area contributed by atoms with Crippen molar-refractivity contribution in [2.75, 3.05) is 7.11 Å². The van der Waals surface area contributed by atoms with E-state index in [0.29, 0.717) is 0 Å². The second-order valence-corrected chi connectivity index (χ2v) is 4.04. The first kappa shape index (κ1) is 12.9. The van der Waals surface area contributed by atoms with E-state index in [2.05, 4.69) is 0 Å². The number of methoxy groups -OCH3 is 1. The molecule has 2 rings (SSSR count). The predicted octanol–water partition coefficient (Wildman–Crippen LogP) is 1.21. The fraction of sp³-hybridized carbons (Fsp3) is 0.231. The van der Waals surface area contributed by atoms with Crippen LogP contribution in [0.4, 0.5) is 0 Å². The molecular weight excluding hydrogens is 250 g/mol. The summed E-state index contributed by atoms with van der Waals surface area (Å²) in [5, 5.41) is 18.8. The van der Waals surface area contributed by atoms with Crippen LogP contribution in [0.5, 0.6) is 11.5 Å². The number of aromatic hydroxyl groups is 1. The normalized spacial score (nSPS) is 17.5. The van der Waals surface area contributed by atoms with Gasteiger partial charge in [0.1, 0.15) is 23.1 Å². The van der Waals surface area contributed by atoms with Gasteiger partial charge in [0.2, 0.25) is 0 Å². The van der Waals surface area contributed by atoms with Crippen LogP contribution in [0.15, 0.2) is 30.5 Å². The van der Waals surface area contributed by atoms with Crippen molar-refractivity contribution in [2.45, 2.75) is 12.5 Å². The quantitative estimate of drug-likeness (QED) is 0.856. The second-order valence-electron chi connectivity index (χ2n) is 4.04. The fourth-order valence-electron chi connectivity index (χ4n) is 1.98. The molecule has 1 aliphatic rings. The van der Waals surface area contributed by atoms with Gasteiger partial charge in [0, 0.05) is 6.20 Å². The number of rotatable bonds is 3. The van der Waals surface area contributed by atoms with Gasteiger partial charge < -0.3 is 19.8 Å². The molecule has 2 N–H and O–H groups in total. The summed E-state index contributed by atoms with van der Waals surface area (Å²) in [5.41, 5.74) is -0.0391. The molecule has 0 radical (unpaired) electrons. The van der Waals surface area contributed by atoms with Gasteiger partial charge in [0.05, 0.1) is 7.11 Å². The van der Waals surface area contributed by atoms with Crippen molar-refractivity contribution in [1.82, 2.24) is 4.90 Å². The number of carboxylic acids is 1. The van der Waals surface area contributed by atoms with Gasteiger partial charge in [-0.2, -0.15) is 0 Å². The van der Waals surface area contributed by atoms with Crippen molar-refractivity contribution in [3.63, 3.8) is 0 Å². The number of ether oxygens (including phenoxy) is 1. The van der Waals surface area contributed by atoms with E-state index in [1.165, 1.54) is 25.4 Å². The predicted molar refractivity (Wildman–Crippen MR) is 66.0 cm³/mol. The van der Waals surface area contributed by atoms with Gasteiger partial charge in [-0.15, -0.1) is 0 Å². The maximum atomic E-state index is 12.3. The third-order valence-corrected chi connectivity index (χ3v) is 2.92. The van der Waals surface area contributed by atoms with E-state index in [1.807, 2.05) is 0 Å². The molecule has 1 unspecified atom stereocenters. The first-order valence-electron chi connectivity index (χ1n) is 5.64. The molecule has 100 valence electrons. The largest absolute Gasteiger partial charge is 0.507 e. The highest BCUT2D eigenvalue weighted by molar-refractivity contribution is 6.02. The number of benzene rings is 1. The molecule has 6 nitrogen and oxygen atoms in total. The molecule has 1 atom stereocenters. The van der Waals surface area contributed by atoms with Gasteiger partial charge in [0.15, 0.2) is 0 Å². The highest BCUT2D eigenvalue weighted by Gasteiger charge is 2.33. The number of aliphatic carboxylic acids is 1. The molecule has 1 heterocycles. The smallest absolute Gasteiger partial charge is 0.327 e. The van der Waals surface area contributed by atoms with Crippen LogP contribution in [-0.2, 0) is 4.79 Å². The maximum Gasteiger partial charge on any atom is 0.327 e. The van der Waals surface area contributed by atoms with E-state index in [1.54, 1.807) is 12.1 Å². The third kappa shape index (κ3) is 2.24. The number of carbonyl (C=O) groups is 2. The minimum absolute atomic E-state index is 0.0391. The highest BCUT2D eigenvalue weighted by atomic mass is 16.5. The molecule has 0 aliphatic carbocycles. The third-order valence-electron chi connectivity index (χ3n) is 2.92. The molecule has 1 amide bonds. The SMILES string of the molecule is COc1cccc(O)c1C(=O)N1C=CCC1C(=O)O. The van der Waals surface area contributed by atoms with E-state index < -0.39 is 17.9 Å². The standard InChI is InChI=1S/C13H13NO5/c1-19-10-6-2-5-9(15)11(10)12(16)14-7-3-4-8(14)13(17)18/h2-3,5-8,15H,4H2,1H3,(H,17,18). The molecule has 0 saturated carbocycles. The minimum atomic E-state index is -1.09. The Kier molecular flexibility index (Phi) is 3.41. The lowest BCUT2D eigenvalue weighted by atomic mass is 10.1. The Labute approximate surface area is 109 Å². The number of amides is 1. The number of phenols is 1. The van der Waals surface area contributed by atoms with Gasteiger partial charge in [-0.1, -0.05) is 12.1 Å². The number of phenolic OH excluding ortho intramolecular Hbond substituents is 1. The number of carbonyl (C=O) groups excluding carboxylic acids is 1. The van der Waals surface area contributed by atoms with Crippen molar-refractivity contribution in [3.8, 4) is 11.5 Å². The molecule has 0 saturated heterocycles. The van der Waals surface area contributed by atoms with E-state index >= 15 is 0 Å². The van der Waals surface area contributed by atoms with Crippen molar-refractivity contribution in [1.29, 1.82) is 0 Å². The monoisotopic (exact) mass is 263 g/mol. The minimum Gasteiger partial charge on any atom is -0.507 e. The highest BCUT2D eigenvalue weighted by Crippen LogP contribution is 2.30. The Bertz CT molecular complexity index is 552. The zero-order chi connectivity index (χ0) is 14.0. The van der Waals surface area contributed by atoms with Crippen molar-refractivity contribution >= 4 is 11.9 Å². The van der Waals surface area contributed by atoms with E-state index in [0.717, 1.165) is 4.90 Å². The summed E-state index contributed by atoms with van der Waals surface area (Å²) in [6.45, 7) is 0. The topological polar surface area (TPSA) is 87.1 Å². The Morgan fingerprint density at radius 3 is 2.79 bits per heavy atom. The molecule has 1 aromatic rings. The maximum absolute atomic E-state index is 12.3. The summed E-state index contributed by atoms with van der Waals surface area (Å²) in [6.07, 6.45) is 3.26. The first-order valence-corrected chi connectivity index (χ1v) is 5.64. The van der Waals surface area contributed by atoms with Crippen LogP contribution >= 0.6 is 0 Å². The molecule has 0 bridgehead atoms. The van der Waals surface area contributed by atoms with Gasteiger partial charge in [0.25, 0.3) is 5.91 Å². The van der Waals surface area contributed by atoms with Crippen LogP contribution in [-0.4, -0.2) is 40.1 Å². The zero-order valence-corrected chi connectivity index (χ0v) is 10.2. The molecule has 0 spiro atoms. The van der Waals surface area contributed by atoms with Crippen LogP contribution in [0.2, 0.25) is 0 Å². The van der Waals surface area contributed by atoms with Crippen LogP contribution in [0, 0.1) is 0 Å². The van der Waals surface area contributed by atoms with Crippen molar-refractivity contribution < 1.29 is 24.5 Å². The Morgan fingerprint density at radius 1 is 1.42 bits per heavy atom. The number of nitrogens with zero attached hydrogens (tertiary/aromatic N) is 1.